The first kappa shape index (κ1) is 13.7. The van der Waals surface area contributed by atoms with E-state index in [2.05, 4.69) is 12.2 Å². The lowest BCUT2D eigenvalue weighted by molar-refractivity contribution is 0.112. The van der Waals surface area contributed by atoms with E-state index < -0.39 is 0 Å². The normalized spacial score (nSPS) is 23.0. The van der Waals surface area contributed by atoms with Gasteiger partial charge in [-0.05, 0) is 31.5 Å². The fraction of sp³-hybridized carbons (Fsp3) is 0.462. The predicted molar refractivity (Wildman–Crippen MR) is 75.8 cm³/mol. The average Bonchev–Trinajstić information content (AvgIpc) is 2.77. The van der Waals surface area contributed by atoms with Crippen LogP contribution in [0.3, 0.4) is 0 Å². The van der Waals surface area contributed by atoms with E-state index in [1.54, 1.807) is 18.2 Å². The molecule has 3 nitrogen and oxygen atoms in total. The smallest absolute Gasteiger partial charge is 0.150 e. The van der Waals surface area contributed by atoms with Gasteiger partial charge in [0.1, 0.15) is 12.0 Å². The summed E-state index contributed by atoms with van der Waals surface area (Å²) in [6, 6.07) is 5.61. The fourth-order valence-corrected chi connectivity index (χ4v) is 3.35. The number of hydrogen-bond acceptors (Lipinski definition) is 4. The standard InChI is InChI=1S/C13H16ClNO2S/c1-9-13(18-8-15-9)4-5-17-12-3-2-10(7-16)6-11(12)14/h2-3,6-7,9,13,15H,4-5,8H2,1H3. The molecule has 0 spiro atoms. The minimum atomic E-state index is 0.491. The number of nitrogens with one attached hydrogen (secondary N) is 1. The maximum atomic E-state index is 10.6. The Morgan fingerprint density at radius 3 is 3.06 bits per heavy atom. The quantitative estimate of drug-likeness (QED) is 0.844. The summed E-state index contributed by atoms with van der Waals surface area (Å²) >= 11 is 7.96. The molecule has 2 atom stereocenters. The van der Waals surface area contributed by atoms with Crippen LogP contribution in [0.15, 0.2) is 18.2 Å². The Bertz CT molecular complexity index is 427. The van der Waals surface area contributed by atoms with Crippen molar-refractivity contribution in [3.05, 3.63) is 28.8 Å². The highest BCUT2D eigenvalue weighted by Gasteiger charge is 2.23. The minimum Gasteiger partial charge on any atom is -0.492 e. The van der Waals surface area contributed by atoms with E-state index in [1.165, 1.54) is 0 Å². The zero-order chi connectivity index (χ0) is 13.0. The van der Waals surface area contributed by atoms with Crippen LogP contribution in [0.1, 0.15) is 23.7 Å². The zero-order valence-electron chi connectivity index (χ0n) is 10.2. The highest BCUT2D eigenvalue weighted by atomic mass is 35.5. The Labute approximate surface area is 116 Å². The Morgan fingerprint density at radius 2 is 2.44 bits per heavy atom. The molecule has 2 unspecified atom stereocenters. The summed E-state index contributed by atoms with van der Waals surface area (Å²) in [5, 5.41) is 4.47. The Kier molecular flexibility index (Phi) is 4.92. The van der Waals surface area contributed by atoms with Crippen molar-refractivity contribution in [2.75, 3.05) is 12.5 Å². The molecule has 0 aromatic heterocycles. The van der Waals surface area contributed by atoms with Crippen LogP contribution < -0.4 is 10.1 Å². The van der Waals surface area contributed by atoms with Gasteiger partial charge in [-0.25, -0.2) is 0 Å². The number of rotatable bonds is 5. The molecule has 1 saturated heterocycles. The van der Waals surface area contributed by atoms with Crippen LogP contribution >= 0.6 is 23.4 Å². The summed E-state index contributed by atoms with van der Waals surface area (Å²) in [6.07, 6.45) is 1.77. The molecule has 1 fully saturated rings. The monoisotopic (exact) mass is 285 g/mol. The van der Waals surface area contributed by atoms with Crippen molar-refractivity contribution < 1.29 is 9.53 Å². The molecule has 0 radical (unpaired) electrons. The zero-order valence-corrected chi connectivity index (χ0v) is 11.8. The van der Waals surface area contributed by atoms with Crippen LogP contribution in [0, 0.1) is 0 Å². The summed E-state index contributed by atoms with van der Waals surface area (Å²) in [5.41, 5.74) is 0.566. The Hall–Kier alpha value is -0.710. The Morgan fingerprint density at radius 1 is 1.61 bits per heavy atom. The topological polar surface area (TPSA) is 38.3 Å². The van der Waals surface area contributed by atoms with Crippen LogP contribution in [0.2, 0.25) is 5.02 Å². The number of carbonyl (C=O) groups is 1. The number of thioether (sulfide) groups is 1. The molecule has 1 aliphatic heterocycles. The van der Waals surface area contributed by atoms with Crippen molar-refractivity contribution in [3.8, 4) is 5.75 Å². The van der Waals surface area contributed by atoms with Gasteiger partial charge in [0.25, 0.3) is 0 Å². The van der Waals surface area contributed by atoms with Crippen molar-refractivity contribution in [1.29, 1.82) is 0 Å². The lowest BCUT2D eigenvalue weighted by atomic mass is 10.2. The lowest BCUT2D eigenvalue weighted by Crippen LogP contribution is -2.27. The van der Waals surface area contributed by atoms with E-state index in [4.69, 9.17) is 16.3 Å². The molecule has 5 heteroatoms. The molecule has 98 valence electrons. The molecular weight excluding hydrogens is 270 g/mol. The molecule has 0 saturated carbocycles. The molecule has 1 aliphatic rings. The second-order valence-corrected chi connectivity index (χ2v) is 5.92. The summed E-state index contributed by atoms with van der Waals surface area (Å²) in [6.45, 7) is 2.83. The van der Waals surface area contributed by atoms with Gasteiger partial charge < -0.3 is 10.1 Å². The van der Waals surface area contributed by atoms with E-state index in [0.717, 1.165) is 18.6 Å². The van der Waals surface area contributed by atoms with Gasteiger partial charge in [-0.15, -0.1) is 11.8 Å². The molecule has 2 rings (SSSR count). The van der Waals surface area contributed by atoms with Crippen molar-refractivity contribution in [2.24, 2.45) is 0 Å². The fourth-order valence-electron chi connectivity index (χ4n) is 1.89. The molecule has 18 heavy (non-hydrogen) atoms. The van der Waals surface area contributed by atoms with E-state index in [1.807, 2.05) is 11.8 Å². The largest absolute Gasteiger partial charge is 0.492 e. The van der Waals surface area contributed by atoms with Crippen molar-refractivity contribution >= 4 is 29.6 Å². The number of halogens is 1. The number of ether oxygens (including phenoxy) is 1. The third-order valence-corrected chi connectivity index (χ3v) is 4.71. The molecule has 1 aromatic carbocycles. The molecule has 1 aromatic rings. The van der Waals surface area contributed by atoms with E-state index >= 15 is 0 Å². The molecule has 1 heterocycles. The molecule has 0 bridgehead atoms. The second-order valence-electron chi connectivity index (χ2n) is 4.29. The number of aldehydes is 1. The molecule has 0 amide bonds. The van der Waals surface area contributed by atoms with Crippen LogP contribution in [0.25, 0.3) is 0 Å². The Balaban J connectivity index is 1.84. The van der Waals surface area contributed by atoms with Gasteiger partial charge in [-0.3, -0.25) is 4.79 Å². The van der Waals surface area contributed by atoms with Gasteiger partial charge in [0.15, 0.2) is 0 Å². The SMILES string of the molecule is CC1NCSC1CCOc1ccc(C=O)cc1Cl. The number of hydrogen-bond donors (Lipinski definition) is 1. The molecule has 1 N–H and O–H groups in total. The molecule has 0 aliphatic carbocycles. The lowest BCUT2D eigenvalue weighted by Gasteiger charge is -2.14. The van der Waals surface area contributed by atoms with Crippen molar-refractivity contribution in [3.63, 3.8) is 0 Å². The van der Waals surface area contributed by atoms with Gasteiger partial charge in [0.2, 0.25) is 0 Å². The highest BCUT2D eigenvalue weighted by Crippen LogP contribution is 2.27. The van der Waals surface area contributed by atoms with Crippen LogP contribution in [0.4, 0.5) is 0 Å². The first-order chi connectivity index (χ1) is 8.70. The average molecular weight is 286 g/mol. The van der Waals surface area contributed by atoms with Gasteiger partial charge in [-0.2, -0.15) is 0 Å². The second kappa shape index (κ2) is 6.45. The number of benzene rings is 1. The maximum absolute atomic E-state index is 10.6. The highest BCUT2D eigenvalue weighted by molar-refractivity contribution is 8.00. The third kappa shape index (κ3) is 3.40. The van der Waals surface area contributed by atoms with Crippen LogP contribution in [0.5, 0.6) is 5.75 Å². The van der Waals surface area contributed by atoms with E-state index in [9.17, 15) is 4.79 Å². The third-order valence-electron chi connectivity index (χ3n) is 3.01. The van der Waals surface area contributed by atoms with Crippen LogP contribution in [-0.2, 0) is 0 Å². The summed E-state index contributed by atoms with van der Waals surface area (Å²) < 4.78 is 5.66. The summed E-state index contributed by atoms with van der Waals surface area (Å²) in [7, 11) is 0. The first-order valence-corrected chi connectivity index (χ1v) is 7.36. The first-order valence-electron chi connectivity index (χ1n) is 5.93. The van der Waals surface area contributed by atoms with Crippen LogP contribution in [-0.4, -0.2) is 30.1 Å². The van der Waals surface area contributed by atoms with Gasteiger partial charge in [0.05, 0.1) is 11.6 Å². The predicted octanol–water partition coefficient (Wildman–Crippen LogP) is 2.97. The molecular formula is C13H16ClNO2S. The van der Waals surface area contributed by atoms with Gasteiger partial charge >= 0.3 is 0 Å². The van der Waals surface area contributed by atoms with E-state index in [0.29, 0.717) is 34.2 Å². The van der Waals surface area contributed by atoms with Gasteiger partial charge in [-0.1, -0.05) is 11.6 Å². The van der Waals surface area contributed by atoms with Crippen molar-refractivity contribution in [1.82, 2.24) is 5.32 Å². The maximum Gasteiger partial charge on any atom is 0.150 e. The number of carbonyl (C=O) groups excluding carboxylic acids is 1. The summed E-state index contributed by atoms with van der Waals surface area (Å²) in [4.78, 5) is 10.6. The summed E-state index contributed by atoms with van der Waals surface area (Å²) in [5.74, 6) is 1.66. The van der Waals surface area contributed by atoms with E-state index in [-0.39, 0.29) is 0 Å². The van der Waals surface area contributed by atoms with Crippen molar-refractivity contribution in [2.45, 2.75) is 24.6 Å². The minimum absolute atomic E-state index is 0.491. The van der Waals surface area contributed by atoms with Gasteiger partial charge in [0, 0.05) is 22.7 Å².